The summed E-state index contributed by atoms with van der Waals surface area (Å²) < 4.78 is 0. The van der Waals surface area contributed by atoms with Gasteiger partial charge in [0.15, 0.2) is 0 Å². The van der Waals surface area contributed by atoms with E-state index in [4.69, 9.17) is 5.73 Å². The third kappa shape index (κ3) is 2.71. The number of piperidine rings is 1. The van der Waals surface area contributed by atoms with Crippen LogP contribution in [-0.4, -0.2) is 37.6 Å². The Kier molecular flexibility index (Phi) is 3.65. The molecule has 3 nitrogen and oxygen atoms in total. The van der Waals surface area contributed by atoms with Gasteiger partial charge in [-0.1, -0.05) is 0 Å². The van der Waals surface area contributed by atoms with Crippen LogP contribution in [0.2, 0.25) is 0 Å². The normalized spacial score (nSPS) is 22.1. The van der Waals surface area contributed by atoms with E-state index in [1.807, 2.05) is 0 Å². The van der Waals surface area contributed by atoms with Crippen LogP contribution in [0.3, 0.4) is 0 Å². The van der Waals surface area contributed by atoms with Crippen LogP contribution in [0, 0.1) is 0 Å². The fraction of sp³-hybridized carbons (Fsp3) is 0.625. The van der Waals surface area contributed by atoms with Gasteiger partial charge in [0.05, 0.1) is 0 Å². The van der Waals surface area contributed by atoms with E-state index >= 15 is 0 Å². The Morgan fingerprint density at radius 1 is 1.11 bits per heavy atom. The molecule has 19 heavy (non-hydrogen) atoms. The van der Waals surface area contributed by atoms with Crippen LogP contribution < -0.4 is 10.6 Å². The summed E-state index contributed by atoms with van der Waals surface area (Å²) in [6.07, 6.45) is 6.37. The van der Waals surface area contributed by atoms with Crippen molar-refractivity contribution >= 4 is 11.4 Å². The molecule has 0 aliphatic carbocycles. The fourth-order valence-electron chi connectivity index (χ4n) is 3.49. The minimum absolute atomic E-state index is 0.719. The molecule has 0 spiro atoms. The van der Waals surface area contributed by atoms with Crippen molar-refractivity contribution in [3.05, 3.63) is 23.8 Å². The summed E-state index contributed by atoms with van der Waals surface area (Å²) >= 11 is 0. The molecule has 1 saturated heterocycles. The van der Waals surface area contributed by atoms with Gasteiger partial charge in [0.2, 0.25) is 0 Å². The standard InChI is InChI=1S/C16H25N3/c1-18-10-7-15(8-11-18)19-9-3-2-4-13-12-14(17)5-6-16(13)19/h5-6,12,15H,2-4,7-11,17H2,1H3. The minimum atomic E-state index is 0.719. The molecule has 0 amide bonds. The molecule has 2 aliphatic heterocycles. The molecule has 0 atom stereocenters. The van der Waals surface area contributed by atoms with Gasteiger partial charge in [-0.3, -0.25) is 0 Å². The van der Waals surface area contributed by atoms with Crippen LogP contribution in [0.4, 0.5) is 11.4 Å². The first-order chi connectivity index (χ1) is 9.24. The quantitative estimate of drug-likeness (QED) is 0.787. The highest BCUT2D eigenvalue weighted by Crippen LogP contribution is 2.32. The summed E-state index contributed by atoms with van der Waals surface area (Å²) in [6.45, 7) is 3.67. The third-order valence-electron chi connectivity index (χ3n) is 4.64. The number of hydrogen-bond acceptors (Lipinski definition) is 3. The fourth-order valence-corrected chi connectivity index (χ4v) is 3.49. The maximum Gasteiger partial charge on any atom is 0.0402 e. The van der Waals surface area contributed by atoms with Gasteiger partial charge in [0.1, 0.15) is 0 Å². The molecule has 1 fully saturated rings. The molecule has 1 aromatic carbocycles. The van der Waals surface area contributed by atoms with E-state index in [2.05, 4.69) is 35.0 Å². The Hall–Kier alpha value is -1.22. The van der Waals surface area contributed by atoms with Crippen molar-refractivity contribution in [3.8, 4) is 0 Å². The number of rotatable bonds is 1. The predicted octanol–water partition coefficient (Wildman–Crippen LogP) is 2.51. The number of fused-ring (bicyclic) bond motifs is 1. The second-order valence-corrected chi connectivity index (χ2v) is 6.07. The van der Waals surface area contributed by atoms with E-state index in [9.17, 15) is 0 Å². The average Bonchev–Trinajstić information content (AvgIpc) is 2.61. The topological polar surface area (TPSA) is 32.5 Å². The SMILES string of the molecule is CN1CCC(N2CCCCc3cc(N)ccc32)CC1. The highest BCUT2D eigenvalue weighted by molar-refractivity contribution is 5.61. The van der Waals surface area contributed by atoms with Crippen LogP contribution in [0.1, 0.15) is 31.2 Å². The number of aryl methyl sites for hydroxylation is 1. The van der Waals surface area contributed by atoms with E-state index < -0.39 is 0 Å². The van der Waals surface area contributed by atoms with Gasteiger partial charge in [-0.15, -0.1) is 0 Å². The maximum atomic E-state index is 5.95. The summed E-state index contributed by atoms with van der Waals surface area (Å²) in [4.78, 5) is 5.10. The summed E-state index contributed by atoms with van der Waals surface area (Å²) in [5.41, 5.74) is 9.76. The van der Waals surface area contributed by atoms with Gasteiger partial charge in [-0.2, -0.15) is 0 Å². The van der Waals surface area contributed by atoms with Crippen LogP contribution >= 0.6 is 0 Å². The van der Waals surface area contributed by atoms with Crippen LogP contribution in [-0.2, 0) is 6.42 Å². The molecular formula is C16H25N3. The molecule has 2 N–H and O–H groups in total. The lowest BCUT2D eigenvalue weighted by Crippen LogP contribution is -2.44. The summed E-state index contributed by atoms with van der Waals surface area (Å²) in [6, 6.07) is 7.21. The number of benzene rings is 1. The Bertz CT molecular complexity index is 436. The van der Waals surface area contributed by atoms with Crippen LogP contribution in [0.5, 0.6) is 0 Å². The van der Waals surface area contributed by atoms with E-state index in [0.717, 1.165) is 11.7 Å². The largest absolute Gasteiger partial charge is 0.399 e. The molecule has 1 aromatic rings. The zero-order chi connectivity index (χ0) is 13.2. The monoisotopic (exact) mass is 259 g/mol. The predicted molar refractivity (Wildman–Crippen MR) is 81.7 cm³/mol. The third-order valence-corrected chi connectivity index (χ3v) is 4.64. The molecule has 0 aromatic heterocycles. The first-order valence-corrected chi connectivity index (χ1v) is 7.57. The van der Waals surface area contributed by atoms with Gasteiger partial charge < -0.3 is 15.5 Å². The second-order valence-electron chi connectivity index (χ2n) is 6.07. The minimum Gasteiger partial charge on any atom is -0.399 e. The molecular weight excluding hydrogens is 234 g/mol. The summed E-state index contributed by atoms with van der Waals surface area (Å²) in [7, 11) is 2.23. The van der Waals surface area contributed by atoms with Crippen molar-refractivity contribution in [3.63, 3.8) is 0 Å². The molecule has 104 valence electrons. The second kappa shape index (κ2) is 5.41. The number of anilines is 2. The molecule has 2 aliphatic rings. The van der Waals surface area contributed by atoms with Gasteiger partial charge in [-0.25, -0.2) is 0 Å². The Balaban J connectivity index is 1.85. The molecule has 0 radical (unpaired) electrons. The van der Waals surface area contributed by atoms with E-state index in [1.54, 1.807) is 0 Å². The maximum absolute atomic E-state index is 5.95. The lowest BCUT2D eigenvalue weighted by molar-refractivity contribution is 0.249. The van der Waals surface area contributed by atoms with E-state index in [-0.39, 0.29) is 0 Å². The van der Waals surface area contributed by atoms with Crippen molar-refractivity contribution in [1.82, 2.24) is 4.90 Å². The molecule has 3 rings (SSSR count). The first kappa shape index (κ1) is 12.8. The summed E-state index contributed by atoms with van der Waals surface area (Å²) in [5.74, 6) is 0. The number of likely N-dealkylation sites (tertiary alicyclic amines) is 1. The lowest BCUT2D eigenvalue weighted by Gasteiger charge is -2.39. The first-order valence-electron chi connectivity index (χ1n) is 7.57. The number of nitrogen functional groups attached to an aromatic ring is 1. The zero-order valence-electron chi connectivity index (χ0n) is 11.9. The number of hydrogen-bond donors (Lipinski definition) is 1. The highest BCUT2D eigenvalue weighted by atomic mass is 15.2. The van der Waals surface area contributed by atoms with Crippen LogP contribution in [0.25, 0.3) is 0 Å². The smallest absolute Gasteiger partial charge is 0.0402 e. The van der Waals surface area contributed by atoms with Gasteiger partial charge in [0, 0.05) is 24.0 Å². The number of nitrogens with two attached hydrogens (primary N) is 1. The van der Waals surface area contributed by atoms with Crippen molar-refractivity contribution in [2.45, 2.75) is 38.1 Å². The average molecular weight is 259 g/mol. The van der Waals surface area contributed by atoms with Gasteiger partial charge in [-0.05, 0) is 76.0 Å². The molecule has 3 heteroatoms. The Morgan fingerprint density at radius 2 is 1.89 bits per heavy atom. The zero-order valence-corrected chi connectivity index (χ0v) is 11.9. The van der Waals surface area contributed by atoms with Crippen molar-refractivity contribution < 1.29 is 0 Å². The highest BCUT2D eigenvalue weighted by Gasteiger charge is 2.25. The van der Waals surface area contributed by atoms with Gasteiger partial charge in [0.25, 0.3) is 0 Å². The molecule has 0 bridgehead atoms. The Labute approximate surface area is 116 Å². The lowest BCUT2D eigenvalue weighted by atomic mass is 10.0. The van der Waals surface area contributed by atoms with Gasteiger partial charge >= 0.3 is 0 Å². The van der Waals surface area contributed by atoms with Crippen molar-refractivity contribution in [2.24, 2.45) is 0 Å². The van der Waals surface area contributed by atoms with E-state index in [1.165, 1.54) is 63.0 Å². The Morgan fingerprint density at radius 3 is 2.68 bits per heavy atom. The molecule has 0 unspecified atom stereocenters. The molecule has 0 saturated carbocycles. The number of nitrogens with zero attached hydrogens (tertiary/aromatic N) is 2. The van der Waals surface area contributed by atoms with Crippen molar-refractivity contribution in [1.29, 1.82) is 0 Å². The van der Waals surface area contributed by atoms with Crippen LogP contribution in [0.15, 0.2) is 18.2 Å². The molecule has 2 heterocycles. The summed E-state index contributed by atoms with van der Waals surface area (Å²) in [5, 5.41) is 0. The van der Waals surface area contributed by atoms with E-state index in [0.29, 0.717) is 0 Å². The van der Waals surface area contributed by atoms with Crippen molar-refractivity contribution in [2.75, 3.05) is 37.3 Å².